The number of anilines is 1. The molecule has 0 aliphatic heterocycles. The third-order valence-corrected chi connectivity index (χ3v) is 2.84. The van der Waals surface area contributed by atoms with Gasteiger partial charge in [0.15, 0.2) is 0 Å². The van der Waals surface area contributed by atoms with Crippen LogP contribution in [0, 0.1) is 0 Å². The number of carbonyl (C=O) groups is 1. The van der Waals surface area contributed by atoms with Gasteiger partial charge in [-0.3, -0.25) is 9.78 Å². The molecule has 1 amide bonds. The molecule has 0 atom stereocenters. The molecule has 98 valence electrons. The van der Waals surface area contributed by atoms with E-state index in [0.29, 0.717) is 0 Å². The monoisotopic (exact) mass is 255 g/mol. The summed E-state index contributed by atoms with van der Waals surface area (Å²) in [6.07, 6.45) is 4.14. The number of nitrogens with zero attached hydrogens (tertiary/aromatic N) is 1. The second-order valence-electron chi connectivity index (χ2n) is 4.20. The summed E-state index contributed by atoms with van der Waals surface area (Å²) in [5.41, 5.74) is 2.52. The van der Waals surface area contributed by atoms with Crippen LogP contribution in [0.15, 0.2) is 48.8 Å². The lowest BCUT2D eigenvalue weighted by molar-refractivity contribution is 0.102. The number of benzene rings is 1. The molecule has 2 rings (SSSR count). The van der Waals surface area contributed by atoms with Crippen LogP contribution in [0.1, 0.15) is 15.9 Å². The molecular weight excluding hydrogens is 238 g/mol. The van der Waals surface area contributed by atoms with Gasteiger partial charge in [-0.15, -0.1) is 0 Å². The quantitative estimate of drug-likeness (QED) is 0.860. The highest BCUT2D eigenvalue weighted by Crippen LogP contribution is 2.12. The van der Waals surface area contributed by atoms with Crippen molar-refractivity contribution in [3.8, 4) is 0 Å². The Morgan fingerprint density at radius 2 is 1.89 bits per heavy atom. The lowest BCUT2D eigenvalue weighted by atomic mass is 10.0. The van der Waals surface area contributed by atoms with Crippen LogP contribution in [0.3, 0.4) is 0 Å². The molecule has 1 aromatic heterocycles. The number of nitrogens with one attached hydrogen (secondary N) is 2. The first-order valence-electron chi connectivity index (χ1n) is 6.25. The molecular formula is C15H17N3O. The van der Waals surface area contributed by atoms with Crippen molar-refractivity contribution in [1.82, 2.24) is 10.3 Å². The van der Waals surface area contributed by atoms with Crippen molar-refractivity contribution < 1.29 is 4.79 Å². The average molecular weight is 255 g/mol. The lowest BCUT2D eigenvalue weighted by Gasteiger charge is -2.09. The largest absolute Gasteiger partial charge is 0.322 e. The van der Waals surface area contributed by atoms with Gasteiger partial charge in [-0.1, -0.05) is 18.2 Å². The van der Waals surface area contributed by atoms with Crippen molar-refractivity contribution in [2.24, 2.45) is 0 Å². The molecule has 0 saturated heterocycles. The number of hydrogen-bond acceptors (Lipinski definition) is 3. The third-order valence-electron chi connectivity index (χ3n) is 2.84. The van der Waals surface area contributed by atoms with E-state index in [2.05, 4.69) is 15.6 Å². The number of rotatable bonds is 5. The zero-order valence-electron chi connectivity index (χ0n) is 10.9. The predicted octanol–water partition coefficient (Wildman–Crippen LogP) is 2.10. The maximum Gasteiger partial charge on any atom is 0.255 e. The lowest BCUT2D eigenvalue weighted by Crippen LogP contribution is -2.17. The molecule has 0 fully saturated rings. The second-order valence-corrected chi connectivity index (χ2v) is 4.20. The summed E-state index contributed by atoms with van der Waals surface area (Å²) < 4.78 is 0. The summed E-state index contributed by atoms with van der Waals surface area (Å²) >= 11 is 0. The van der Waals surface area contributed by atoms with E-state index < -0.39 is 0 Å². The Labute approximate surface area is 112 Å². The molecule has 4 heteroatoms. The Morgan fingerprint density at radius 1 is 1.16 bits per heavy atom. The van der Waals surface area contributed by atoms with Crippen LogP contribution >= 0.6 is 0 Å². The summed E-state index contributed by atoms with van der Waals surface area (Å²) in [6.45, 7) is 0.847. The summed E-state index contributed by atoms with van der Waals surface area (Å²) in [5, 5.41) is 5.97. The van der Waals surface area contributed by atoms with E-state index >= 15 is 0 Å². The second kappa shape index (κ2) is 6.66. The van der Waals surface area contributed by atoms with Crippen LogP contribution in [0.25, 0.3) is 0 Å². The van der Waals surface area contributed by atoms with Gasteiger partial charge in [-0.05, 0) is 43.8 Å². The highest BCUT2D eigenvalue weighted by atomic mass is 16.1. The van der Waals surface area contributed by atoms with Gasteiger partial charge in [0, 0.05) is 23.6 Å². The maximum absolute atomic E-state index is 12.2. The SMILES string of the molecule is CNCCc1ccccc1C(=O)Nc1ccncc1. The van der Waals surface area contributed by atoms with Crippen LogP contribution in [-0.2, 0) is 6.42 Å². The number of hydrogen-bond donors (Lipinski definition) is 2. The molecule has 0 aliphatic carbocycles. The Hall–Kier alpha value is -2.20. The van der Waals surface area contributed by atoms with Crippen molar-refractivity contribution >= 4 is 11.6 Å². The van der Waals surface area contributed by atoms with Crippen LogP contribution < -0.4 is 10.6 Å². The van der Waals surface area contributed by atoms with Gasteiger partial charge < -0.3 is 10.6 Å². The highest BCUT2D eigenvalue weighted by Gasteiger charge is 2.10. The Balaban J connectivity index is 2.14. The fourth-order valence-electron chi connectivity index (χ4n) is 1.85. The minimum absolute atomic E-state index is 0.0853. The number of likely N-dealkylation sites (N-methyl/N-ethyl adjacent to an activating group) is 1. The highest BCUT2D eigenvalue weighted by molar-refractivity contribution is 6.05. The smallest absolute Gasteiger partial charge is 0.255 e. The first-order chi connectivity index (χ1) is 9.31. The molecule has 19 heavy (non-hydrogen) atoms. The van der Waals surface area contributed by atoms with Gasteiger partial charge in [0.05, 0.1) is 0 Å². The Kier molecular flexibility index (Phi) is 4.64. The zero-order valence-corrected chi connectivity index (χ0v) is 10.9. The van der Waals surface area contributed by atoms with Crippen molar-refractivity contribution in [2.75, 3.05) is 18.9 Å². The minimum atomic E-state index is -0.0853. The topological polar surface area (TPSA) is 54.0 Å². The van der Waals surface area contributed by atoms with Crippen LogP contribution in [0.4, 0.5) is 5.69 Å². The first kappa shape index (κ1) is 13.2. The maximum atomic E-state index is 12.2. The van der Waals surface area contributed by atoms with Gasteiger partial charge in [0.25, 0.3) is 5.91 Å². The number of aromatic nitrogens is 1. The van der Waals surface area contributed by atoms with E-state index in [-0.39, 0.29) is 5.91 Å². The summed E-state index contributed by atoms with van der Waals surface area (Å²) in [7, 11) is 1.90. The van der Waals surface area contributed by atoms with Crippen LogP contribution in [-0.4, -0.2) is 24.5 Å². The van der Waals surface area contributed by atoms with Gasteiger partial charge in [0.1, 0.15) is 0 Å². The van der Waals surface area contributed by atoms with E-state index in [4.69, 9.17) is 0 Å². The fourth-order valence-corrected chi connectivity index (χ4v) is 1.85. The Bertz CT molecular complexity index is 540. The van der Waals surface area contributed by atoms with E-state index in [0.717, 1.165) is 29.8 Å². The molecule has 2 aromatic rings. The van der Waals surface area contributed by atoms with E-state index in [1.807, 2.05) is 31.3 Å². The molecule has 2 N–H and O–H groups in total. The molecule has 0 aliphatic rings. The first-order valence-corrected chi connectivity index (χ1v) is 6.25. The molecule has 0 saturated carbocycles. The third kappa shape index (κ3) is 3.63. The number of pyridine rings is 1. The normalized spacial score (nSPS) is 10.2. The van der Waals surface area contributed by atoms with Gasteiger partial charge in [0.2, 0.25) is 0 Å². The number of amides is 1. The average Bonchev–Trinajstić information content (AvgIpc) is 2.46. The molecule has 0 unspecified atom stereocenters. The molecule has 0 radical (unpaired) electrons. The molecule has 1 heterocycles. The van der Waals surface area contributed by atoms with Crippen molar-refractivity contribution in [2.45, 2.75) is 6.42 Å². The zero-order chi connectivity index (χ0) is 13.5. The van der Waals surface area contributed by atoms with Crippen molar-refractivity contribution in [3.63, 3.8) is 0 Å². The molecule has 0 bridgehead atoms. The van der Waals surface area contributed by atoms with E-state index in [9.17, 15) is 4.79 Å². The van der Waals surface area contributed by atoms with Gasteiger partial charge in [-0.2, -0.15) is 0 Å². The minimum Gasteiger partial charge on any atom is -0.322 e. The summed E-state index contributed by atoms with van der Waals surface area (Å²) in [4.78, 5) is 16.2. The van der Waals surface area contributed by atoms with Crippen LogP contribution in [0.5, 0.6) is 0 Å². The molecule has 0 spiro atoms. The van der Waals surface area contributed by atoms with Gasteiger partial charge >= 0.3 is 0 Å². The van der Waals surface area contributed by atoms with Crippen molar-refractivity contribution in [1.29, 1.82) is 0 Å². The summed E-state index contributed by atoms with van der Waals surface area (Å²) in [6, 6.07) is 11.2. The molecule has 1 aromatic carbocycles. The number of carbonyl (C=O) groups excluding carboxylic acids is 1. The van der Waals surface area contributed by atoms with E-state index in [1.54, 1.807) is 24.5 Å². The predicted molar refractivity (Wildman–Crippen MR) is 76.3 cm³/mol. The van der Waals surface area contributed by atoms with Crippen molar-refractivity contribution in [3.05, 3.63) is 59.9 Å². The Morgan fingerprint density at radius 3 is 2.63 bits per heavy atom. The van der Waals surface area contributed by atoms with E-state index in [1.165, 1.54) is 0 Å². The van der Waals surface area contributed by atoms with Gasteiger partial charge in [-0.25, -0.2) is 0 Å². The molecule has 4 nitrogen and oxygen atoms in total. The summed E-state index contributed by atoms with van der Waals surface area (Å²) in [5.74, 6) is -0.0853. The van der Waals surface area contributed by atoms with Crippen LogP contribution in [0.2, 0.25) is 0 Å². The standard InChI is InChI=1S/C15H17N3O/c1-16-9-6-12-4-2-3-5-14(12)15(19)18-13-7-10-17-11-8-13/h2-5,7-8,10-11,16H,6,9H2,1H3,(H,17,18,19). The fraction of sp³-hybridized carbons (Fsp3) is 0.200.